The number of nitrogens with one attached hydrogen (secondary N) is 1. The number of likely N-dealkylation sites (tertiary alicyclic amines) is 1. The van der Waals surface area contributed by atoms with Crippen LogP contribution in [0.2, 0.25) is 0 Å². The minimum absolute atomic E-state index is 0.401. The number of anilines is 1. The summed E-state index contributed by atoms with van der Waals surface area (Å²) in [6.45, 7) is 2.66. The van der Waals surface area contributed by atoms with E-state index < -0.39 is 6.09 Å². The molecule has 2 heterocycles. The third-order valence-corrected chi connectivity index (χ3v) is 3.20. The normalized spacial score (nSPS) is 17.4. The number of rotatable bonds is 3. The van der Waals surface area contributed by atoms with E-state index in [0.717, 1.165) is 25.9 Å². The molecule has 1 aliphatic heterocycles. The van der Waals surface area contributed by atoms with Crippen molar-refractivity contribution in [2.24, 2.45) is 5.92 Å². The second-order valence-corrected chi connectivity index (χ2v) is 4.71. The van der Waals surface area contributed by atoms with Crippen molar-refractivity contribution in [2.75, 3.05) is 32.1 Å². The van der Waals surface area contributed by atoms with E-state index in [2.05, 4.69) is 22.2 Å². The molecule has 0 radical (unpaired) electrons. The fourth-order valence-corrected chi connectivity index (χ4v) is 2.01. The molecule has 2 rings (SSSR count). The lowest BCUT2D eigenvalue weighted by molar-refractivity contribution is 0.113. The molecule has 1 aliphatic rings. The van der Waals surface area contributed by atoms with Crippen LogP contribution in [-0.4, -0.2) is 42.7 Å². The summed E-state index contributed by atoms with van der Waals surface area (Å²) in [5, 5.41) is 2.66. The average Bonchev–Trinajstić information content (AvgIpc) is 2.39. The number of ether oxygens (including phenoxy) is 1. The molecule has 1 aromatic rings. The Labute approximate surface area is 107 Å². The molecule has 0 unspecified atom stereocenters. The van der Waals surface area contributed by atoms with Crippen LogP contribution >= 0.6 is 0 Å². The quantitative estimate of drug-likeness (QED) is 0.890. The van der Waals surface area contributed by atoms with Crippen molar-refractivity contribution in [3.63, 3.8) is 0 Å². The highest BCUT2D eigenvalue weighted by atomic mass is 16.5. The smallest absolute Gasteiger partial charge is 0.411 e. The van der Waals surface area contributed by atoms with E-state index in [-0.39, 0.29) is 0 Å². The summed E-state index contributed by atoms with van der Waals surface area (Å²) in [7, 11) is 2.12. The molecule has 1 aromatic heterocycles. The number of carbonyl (C=O) groups is 1. The number of piperidine rings is 1. The lowest BCUT2D eigenvalue weighted by Crippen LogP contribution is -2.32. The molecular formula is C13H19N3O2. The van der Waals surface area contributed by atoms with Crippen molar-refractivity contribution in [2.45, 2.75) is 12.8 Å². The van der Waals surface area contributed by atoms with E-state index in [9.17, 15) is 4.79 Å². The molecule has 1 fully saturated rings. The number of nitrogens with zero attached hydrogens (tertiary/aromatic N) is 2. The Morgan fingerprint density at radius 1 is 1.56 bits per heavy atom. The van der Waals surface area contributed by atoms with Gasteiger partial charge in [-0.3, -0.25) is 10.3 Å². The number of hydrogen-bond acceptors (Lipinski definition) is 4. The van der Waals surface area contributed by atoms with Crippen molar-refractivity contribution in [1.29, 1.82) is 0 Å². The third kappa shape index (κ3) is 4.00. The molecule has 0 spiro atoms. The van der Waals surface area contributed by atoms with Gasteiger partial charge in [0.15, 0.2) is 0 Å². The topological polar surface area (TPSA) is 54.5 Å². The Kier molecular flexibility index (Phi) is 4.52. The van der Waals surface area contributed by atoms with Crippen LogP contribution in [0.1, 0.15) is 12.8 Å². The summed E-state index contributed by atoms with van der Waals surface area (Å²) in [6.07, 6.45) is 5.04. The molecule has 5 nitrogen and oxygen atoms in total. The van der Waals surface area contributed by atoms with E-state index in [1.165, 1.54) is 0 Å². The minimum Gasteiger partial charge on any atom is -0.449 e. The van der Waals surface area contributed by atoms with Crippen LogP contribution in [-0.2, 0) is 4.74 Å². The zero-order chi connectivity index (χ0) is 12.8. The van der Waals surface area contributed by atoms with Gasteiger partial charge in [0.25, 0.3) is 0 Å². The highest BCUT2D eigenvalue weighted by Gasteiger charge is 2.18. The fraction of sp³-hybridized carbons (Fsp3) is 0.538. The fourth-order valence-electron chi connectivity index (χ4n) is 2.01. The Bertz CT molecular complexity index is 375. The highest BCUT2D eigenvalue weighted by Crippen LogP contribution is 2.16. The van der Waals surface area contributed by atoms with Gasteiger partial charge in [-0.25, -0.2) is 4.79 Å². The van der Waals surface area contributed by atoms with Gasteiger partial charge in [0.1, 0.15) is 0 Å². The zero-order valence-corrected chi connectivity index (χ0v) is 10.6. The maximum Gasteiger partial charge on any atom is 0.411 e. The largest absolute Gasteiger partial charge is 0.449 e. The SMILES string of the molecule is CN1CCC(COC(=O)Nc2cccnc2)CC1. The Morgan fingerprint density at radius 3 is 3.00 bits per heavy atom. The van der Waals surface area contributed by atoms with Crippen molar-refractivity contribution in [3.8, 4) is 0 Å². The predicted octanol–water partition coefficient (Wildman–Crippen LogP) is 1.97. The van der Waals surface area contributed by atoms with Crippen LogP contribution in [0.3, 0.4) is 0 Å². The molecule has 0 saturated carbocycles. The van der Waals surface area contributed by atoms with Crippen LogP contribution in [0.4, 0.5) is 10.5 Å². The summed E-state index contributed by atoms with van der Waals surface area (Å²) < 4.78 is 5.22. The van der Waals surface area contributed by atoms with Crippen molar-refractivity contribution in [3.05, 3.63) is 24.5 Å². The second kappa shape index (κ2) is 6.35. The number of amides is 1. The van der Waals surface area contributed by atoms with Gasteiger partial charge >= 0.3 is 6.09 Å². The molecule has 1 N–H and O–H groups in total. The molecule has 1 amide bonds. The van der Waals surface area contributed by atoms with Gasteiger partial charge in [0.2, 0.25) is 0 Å². The molecule has 18 heavy (non-hydrogen) atoms. The van der Waals surface area contributed by atoms with Gasteiger partial charge in [-0.05, 0) is 51.0 Å². The van der Waals surface area contributed by atoms with Gasteiger partial charge in [0, 0.05) is 6.20 Å². The molecule has 0 aromatic carbocycles. The maximum atomic E-state index is 11.5. The van der Waals surface area contributed by atoms with Crippen LogP contribution in [0.25, 0.3) is 0 Å². The maximum absolute atomic E-state index is 11.5. The van der Waals surface area contributed by atoms with Crippen LogP contribution in [0.5, 0.6) is 0 Å². The third-order valence-electron chi connectivity index (χ3n) is 3.20. The summed E-state index contributed by atoms with van der Waals surface area (Å²) in [5.74, 6) is 0.487. The standard InChI is InChI=1S/C13H19N3O2/c1-16-7-4-11(5-8-16)10-18-13(17)15-12-3-2-6-14-9-12/h2-3,6,9,11H,4-5,7-8,10H2,1H3,(H,15,17). The summed E-state index contributed by atoms with van der Waals surface area (Å²) in [6, 6.07) is 3.55. The predicted molar refractivity (Wildman–Crippen MR) is 69.4 cm³/mol. The van der Waals surface area contributed by atoms with Crippen LogP contribution in [0.15, 0.2) is 24.5 Å². The molecule has 0 atom stereocenters. The van der Waals surface area contributed by atoms with Crippen molar-refractivity contribution < 1.29 is 9.53 Å². The lowest BCUT2D eigenvalue weighted by Gasteiger charge is -2.28. The Balaban J connectivity index is 1.69. The van der Waals surface area contributed by atoms with E-state index in [1.807, 2.05) is 0 Å². The molecule has 5 heteroatoms. The second-order valence-electron chi connectivity index (χ2n) is 4.71. The first-order valence-electron chi connectivity index (χ1n) is 6.26. The number of aromatic nitrogens is 1. The first kappa shape index (κ1) is 12.8. The van der Waals surface area contributed by atoms with Gasteiger partial charge in [-0.15, -0.1) is 0 Å². The molecule has 1 saturated heterocycles. The first-order chi connectivity index (χ1) is 8.74. The van der Waals surface area contributed by atoms with Gasteiger partial charge in [-0.1, -0.05) is 0 Å². The number of pyridine rings is 1. The zero-order valence-electron chi connectivity index (χ0n) is 10.6. The van der Waals surface area contributed by atoms with E-state index in [0.29, 0.717) is 18.2 Å². The molecule has 0 aliphatic carbocycles. The molecule has 98 valence electrons. The summed E-state index contributed by atoms with van der Waals surface area (Å²) in [5.41, 5.74) is 0.658. The van der Waals surface area contributed by atoms with E-state index in [1.54, 1.807) is 24.5 Å². The van der Waals surface area contributed by atoms with Gasteiger partial charge < -0.3 is 9.64 Å². The van der Waals surface area contributed by atoms with E-state index in [4.69, 9.17) is 4.74 Å². The van der Waals surface area contributed by atoms with Gasteiger partial charge in [-0.2, -0.15) is 0 Å². The average molecular weight is 249 g/mol. The highest BCUT2D eigenvalue weighted by molar-refractivity contribution is 5.84. The lowest BCUT2D eigenvalue weighted by atomic mass is 9.98. The van der Waals surface area contributed by atoms with Crippen molar-refractivity contribution in [1.82, 2.24) is 9.88 Å². The summed E-state index contributed by atoms with van der Waals surface area (Å²) in [4.78, 5) is 17.8. The Hall–Kier alpha value is -1.62. The van der Waals surface area contributed by atoms with Crippen molar-refractivity contribution >= 4 is 11.8 Å². The van der Waals surface area contributed by atoms with E-state index >= 15 is 0 Å². The molecular weight excluding hydrogens is 230 g/mol. The number of hydrogen-bond donors (Lipinski definition) is 1. The monoisotopic (exact) mass is 249 g/mol. The first-order valence-corrected chi connectivity index (χ1v) is 6.26. The Morgan fingerprint density at radius 2 is 2.33 bits per heavy atom. The minimum atomic E-state index is -0.401. The van der Waals surface area contributed by atoms with Crippen LogP contribution < -0.4 is 5.32 Å². The van der Waals surface area contributed by atoms with Gasteiger partial charge in [0.05, 0.1) is 18.5 Å². The summed E-state index contributed by atoms with van der Waals surface area (Å²) >= 11 is 0. The van der Waals surface area contributed by atoms with Crippen LogP contribution in [0, 0.1) is 5.92 Å². The number of carbonyl (C=O) groups excluding carboxylic acids is 1. The molecule has 0 bridgehead atoms.